The van der Waals surface area contributed by atoms with Gasteiger partial charge in [-0.3, -0.25) is 9.69 Å². The molecule has 3 aromatic rings. The van der Waals surface area contributed by atoms with Gasteiger partial charge in [0.1, 0.15) is 29.7 Å². The molecule has 3 aromatic carbocycles. The van der Waals surface area contributed by atoms with Crippen molar-refractivity contribution in [3.63, 3.8) is 0 Å². The van der Waals surface area contributed by atoms with Crippen LogP contribution in [0.5, 0.6) is 17.2 Å². The minimum atomic E-state index is -4.53. The maximum Gasteiger partial charge on any atom is 0.339 e. The molecular formula is C29H30FN3O8S. The summed E-state index contributed by atoms with van der Waals surface area (Å²) in [5, 5.41) is 10.4. The van der Waals surface area contributed by atoms with E-state index in [9.17, 15) is 27.5 Å². The molecular weight excluding hydrogens is 569 g/mol. The molecule has 0 aromatic heterocycles. The third-order valence-corrected chi connectivity index (χ3v) is 9.24. The lowest BCUT2D eigenvalue weighted by molar-refractivity contribution is -0.155. The molecule has 11 nitrogen and oxygen atoms in total. The standard InChI is InChI=1S/C29H30FN3O8S/c30-21-1-3-22(4-2-21)41-23-5-8-25(9-6-23)42(37,38)33-12-11-20-19-24(40-18-15-32-13-16-39-17-14-32)7-10-26(20)29(33,27(31)34)28(35)36/h1-10,19H,11-18H2,(H2,31,34)(H,35,36). The predicted molar refractivity (Wildman–Crippen MR) is 148 cm³/mol. The van der Waals surface area contributed by atoms with Crippen LogP contribution < -0.4 is 15.2 Å². The number of benzene rings is 3. The molecule has 0 saturated carbocycles. The SMILES string of the molecule is NC(=O)C1(C(=O)O)c2ccc(OCCN3CCOCC3)cc2CCN1S(=O)(=O)c1ccc(Oc2ccc(F)cc2)cc1. The maximum absolute atomic E-state index is 13.8. The normalized spacial score (nSPS) is 19.5. The lowest BCUT2D eigenvalue weighted by atomic mass is 9.81. The first-order chi connectivity index (χ1) is 20.1. The summed E-state index contributed by atoms with van der Waals surface area (Å²) in [4.78, 5) is 27.7. The molecule has 0 spiro atoms. The van der Waals surface area contributed by atoms with Crippen LogP contribution in [-0.2, 0) is 36.3 Å². The summed E-state index contributed by atoms with van der Waals surface area (Å²) in [6.45, 7) is 3.70. The van der Waals surface area contributed by atoms with Gasteiger partial charge in [-0.15, -0.1) is 0 Å². The van der Waals surface area contributed by atoms with Crippen LogP contribution in [0.25, 0.3) is 0 Å². The zero-order valence-electron chi connectivity index (χ0n) is 22.6. The van der Waals surface area contributed by atoms with Crippen LogP contribution in [-0.4, -0.2) is 80.6 Å². The molecule has 2 aliphatic rings. The number of nitrogens with two attached hydrogens (primary N) is 1. The first-order valence-corrected chi connectivity index (χ1v) is 14.7. The van der Waals surface area contributed by atoms with Gasteiger partial charge >= 0.3 is 5.97 Å². The molecule has 1 unspecified atom stereocenters. The topological polar surface area (TPSA) is 149 Å². The number of morpholine rings is 1. The van der Waals surface area contributed by atoms with Gasteiger partial charge in [0.25, 0.3) is 5.91 Å². The van der Waals surface area contributed by atoms with Crippen molar-refractivity contribution in [1.82, 2.24) is 9.21 Å². The van der Waals surface area contributed by atoms with Gasteiger partial charge in [-0.25, -0.2) is 17.6 Å². The second-order valence-electron chi connectivity index (χ2n) is 9.86. The average Bonchev–Trinajstić information content (AvgIpc) is 2.98. The molecule has 42 heavy (non-hydrogen) atoms. The predicted octanol–water partition coefficient (Wildman–Crippen LogP) is 2.34. The smallest absolute Gasteiger partial charge is 0.339 e. The quantitative estimate of drug-likeness (QED) is 0.335. The molecule has 222 valence electrons. The highest BCUT2D eigenvalue weighted by molar-refractivity contribution is 7.89. The Kier molecular flexibility index (Phi) is 8.45. The Balaban J connectivity index is 1.40. The van der Waals surface area contributed by atoms with E-state index in [1.54, 1.807) is 6.07 Å². The third-order valence-electron chi connectivity index (χ3n) is 7.33. The third kappa shape index (κ3) is 5.68. The minimum absolute atomic E-state index is 0.0332. The van der Waals surface area contributed by atoms with E-state index in [1.807, 2.05) is 0 Å². The Morgan fingerprint density at radius 1 is 0.952 bits per heavy atom. The molecule has 0 bridgehead atoms. The van der Waals surface area contributed by atoms with Gasteiger partial charge < -0.3 is 25.1 Å². The number of primary amides is 1. The zero-order chi connectivity index (χ0) is 29.9. The summed E-state index contributed by atoms with van der Waals surface area (Å²) < 4.78 is 58.3. The Morgan fingerprint density at radius 3 is 2.19 bits per heavy atom. The van der Waals surface area contributed by atoms with Gasteiger partial charge in [0.2, 0.25) is 15.6 Å². The first kappa shape index (κ1) is 29.5. The van der Waals surface area contributed by atoms with E-state index in [-0.39, 0.29) is 29.2 Å². The van der Waals surface area contributed by atoms with Crippen molar-refractivity contribution in [2.45, 2.75) is 16.9 Å². The van der Waals surface area contributed by atoms with Crippen molar-refractivity contribution in [3.8, 4) is 17.2 Å². The van der Waals surface area contributed by atoms with Crippen LogP contribution in [0.2, 0.25) is 0 Å². The number of aliphatic carboxylic acids is 1. The fraction of sp³-hybridized carbons (Fsp3) is 0.310. The van der Waals surface area contributed by atoms with Crippen molar-refractivity contribution in [2.75, 3.05) is 46.0 Å². The van der Waals surface area contributed by atoms with Gasteiger partial charge in [0, 0.05) is 26.2 Å². The fourth-order valence-corrected chi connectivity index (χ4v) is 6.88. The number of carboxylic acids is 1. The highest BCUT2D eigenvalue weighted by atomic mass is 32.2. The van der Waals surface area contributed by atoms with Crippen molar-refractivity contribution >= 4 is 21.9 Å². The number of sulfonamides is 1. The fourth-order valence-electron chi connectivity index (χ4n) is 5.19. The second-order valence-corrected chi connectivity index (χ2v) is 11.7. The number of rotatable bonds is 10. The largest absolute Gasteiger partial charge is 0.492 e. The van der Waals surface area contributed by atoms with Gasteiger partial charge in [0.15, 0.2) is 0 Å². The summed E-state index contributed by atoms with van der Waals surface area (Å²) in [5.74, 6) is -2.41. The highest BCUT2D eigenvalue weighted by Gasteiger charge is 2.59. The number of hydrogen-bond donors (Lipinski definition) is 2. The molecule has 1 fully saturated rings. The van der Waals surface area contributed by atoms with E-state index in [0.717, 1.165) is 13.1 Å². The number of nitrogens with zero attached hydrogens (tertiary/aromatic N) is 2. The summed E-state index contributed by atoms with van der Waals surface area (Å²) >= 11 is 0. The Bertz CT molecular complexity index is 1540. The zero-order valence-corrected chi connectivity index (χ0v) is 23.4. The monoisotopic (exact) mass is 599 g/mol. The van der Waals surface area contributed by atoms with Crippen molar-refractivity contribution in [2.24, 2.45) is 5.73 Å². The number of carbonyl (C=O) groups is 2. The van der Waals surface area contributed by atoms with Gasteiger partial charge in [0.05, 0.1) is 18.1 Å². The molecule has 5 rings (SSSR count). The number of hydrogen-bond acceptors (Lipinski definition) is 8. The van der Waals surface area contributed by atoms with Crippen LogP contribution in [0.15, 0.2) is 71.6 Å². The summed E-state index contributed by atoms with van der Waals surface area (Å²) in [5.41, 5.74) is 3.43. The van der Waals surface area contributed by atoms with Crippen LogP contribution in [0.1, 0.15) is 11.1 Å². The molecule has 0 aliphatic carbocycles. The Hall–Kier alpha value is -4.04. The first-order valence-electron chi connectivity index (χ1n) is 13.3. The molecule has 13 heteroatoms. The molecule has 1 saturated heterocycles. The number of carbonyl (C=O) groups excluding carboxylic acids is 1. The number of fused-ring (bicyclic) bond motifs is 1. The van der Waals surface area contributed by atoms with Crippen LogP contribution in [0.3, 0.4) is 0 Å². The number of halogens is 1. The van der Waals surface area contributed by atoms with E-state index in [2.05, 4.69) is 4.90 Å². The summed E-state index contributed by atoms with van der Waals surface area (Å²) in [6, 6.07) is 15.0. The molecule has 3 N–H and O–H groups in total. The van der Waals surface area contributed by atoms with Crippen molar-refractivity contribution in [1.29, 1.82) is 0 Å². The summed E-state index contributed by atoms with van der Waals surface area (Å²) in [7, 11) is -4.53. The highest BCUT2D eigenvalue weighted by Crippen LogP contribution is 2.41. The minimum Gasteiger partial charge on any atom is -0.492 e. The van der Waals surface area contributed by atoms with E-state index in [4.69, 9.17) is 19.9 Å². The maximum atomic E-state index is 13.8. The lowest BCUT2D eigenvalue weighted by Gasteiger charge is -2.41. The van der Waals surface area contributed by atoms with Crippen LogP contribution in [0, 0.1) is 5.82 Å². The molecule has 1 atom stereocenters. The molecule has 2 heterocycles. The second kappa shape index (κ2) is 12.1. The number of amides is 1. The lowest BCUT2D eigenvalue weighted by Crippen LogP contribution is -2.64. The van der Waals surface area contributed by atoms with Crippen molar-refractivity contribution < 1.29 is 41.7 Å². The summed E-state index contributed by atoms with van der Waals surface area (Å²) in [6.07, 6.45) is 0.128. The number of carboxylic acid groups (broad SMARTS) is 1. The van der Waals surface area contributed by atoms with Gasteiger partial charge in [-0.2, -0.15) is 4.31 Å². The number of ether oxygens (including phenoxy) is 3. The Labute approximate surface area is 242 Å². The molecule has 2 aliphatic heterocycles. The van der Waals surface area contributed by atoms with E-state index >= 15 is 0 Å². The van der Waals surface area contributed by atoms with Gasteiger partial charge in [-0.05, 0) is 78.2 Å². The van der Waals surface area contributed by atoms with E-state index < -0.39 is 33.3 Å². The van der Waals surface area contributed by atoms with Crippen LogP contribution in [0.4, 0.5) is 4.39 Å². The average molecular weight is 600 g/mol. The molecule has 0 radical (unpaired) electrons. The van der Waals surface area contributed by atoms with Crippen LogP contribution >= 0.6 is 0 Å². The molecule has 1 amide bonds. The van der Waals surface area contributed by atoms with E-state index in [1.165, 1.54) is 60.7 Å². The van der Waals surface area contributed by atoms with Crippen molar-refractivity contribution in [3.05, 3.63) is 83.7 Å². The van der Waals surface area contributed by atoms with Gasteiger partial charge in [-0.1, -0.05) is 6.07 Å². The van der Waals surface area contributed by atoms with E-state index in [0.29, 0.717) is 47.7 Å². The Morgan fingerprint density at radius 2 is 1.57 bits per heavy atom.